The number of halogens is 1. The average molecular weight is 241 g/mol. The van der Waals surface area contributed by atoms with E-state index in [0.717, 1.165) is 0 Å². The number of aliphatic hydroxyl groups is 1. The largest absolute Gasteiger partial charge is 0.394 e. The number of amides is 1. The van der Waals surface area contributed by atoms with Gasteiger partial charge in [0.1, 0.15) is 5.82 Å². The first-order valence-corrected chi connectivity index (χ1v) is 5.35. The van der Waals surface area contributed by atoms with Crippen molar-refractivity contribution in [3.8, 4) is 0 Å². The van der Waals surface area contributed by atoms with E-state index >= 15 is 0 Å². The Morgan fingerprint density at radius 3 is 2.59 bits per heavy atom. The van der Waals surface area contributed by atoms with Crippen LogP contribution in [0.4, 0.5) is 4.39 Å². The minimum atomic E-state index is -0.365. The van der Waals surface area contributed by atoms with Crippen molar-refractivity contribution in [2.45, 2.75) is 0 Å². The van der Waals surface area contributed by atoms with Crippen LogP contribution in [0.1, 0.15) is 10.4 Å². The van der Waals surface area contributed by atoms with E-state index in [-0.39, 0.29) is 24.9 Å². The van der Waals surface area contributed by atoms with Gasteiger partial charge in [0.2, 0.25) is 0 Å². The van der Waals surface area contributed by atoms with Gasteiger partial charge in [-0.3, -0.25) is 4.79 Å². The number of benzene rings is 1. The predicted octanol–water partition coefficient (Wildman–Crippen LogP) is 0.907. The van der Waals surface area contributed by atoms with Gasteiger partial charge in [0.25, 0.3) is 5.91 Å². The zero-order valence-electron chi connectivity index (χ0n) is 9.73. The Morgan fingerprint density at radius 1 is 1.35 bits per heavy atom. The van der Waals surface area contributed by atoms with Crippen molar-refractivity contribution < 1.29 is 19.0 Å². The standard InChI is InChI=1S/C12H16FNO3/c1-14(6-8-17-9-7-15)12(16)10-2-4-11(13)5-3-10/h2-5,15H,6-9H2,1H3. The van der Waals surface area contributed by atoms with Crippen LogP contribution in [0.25, 0.3) is 0 Å². The molecular weight excluding hydrogens is 225 g/mol. The molecular formula is C12H16FNO3. The molecule has 0 aliphatic carbocycles. The molecule has 5 heteroatoms. The third-order valence-electron chi connectivity index (χ3n) is 2.24. The molecule has 1 aromatic carbocycles. The quantitative estimate of drug-likeness (QED) is 0.753. The molecule has 94 valence electrons. The summed E-state index contributed by atoms with van der Waals surface area (Å²) < 4.78 is 17.7. The molecule has 0 bridgehead atoms. The van der Waals surface area contributed by atoms with Gasteiger partial charge >= 0.3 is 0 Å². The van der Waals surface area contributed by atoms with E-state index < -0.39 is 0 Å². The average Bonchev–Trinajstić information content (AvgIpc) is 2.34. The number of hydrogen-bond donors (Lipinski definition) is 1. The van der Waals surface area contributed by atoms with E-state index in [1.54, 1.807) is 7.05 Å². The SMILES string of the molecule is CN(CCOCCO)C(=O)c1ccc(F)cc1. The van der Waals surface area contributed by atoms with Crippen LogP contribution in [-0.4, -0.2) is 49.3 Å². The molecule has 4 nitrogen and oxygen atoms in total. The Kier molecular flexibility index (Phi) is 5.59. The summed E-state index contributed by atoms with van der Waals surface area (Å²) in [5, 5.41) is 8.50. The Balaban J connectivity index is 2.43. The molecule has 0 unspecified atom stereocenters. The van der Waals surface area contributed by atoms with Crippen LogP contribution in [0.5, 0.6) is 0 Å². The maximum Gasteiger partial charge on any atom is 0.253 e. The number of likely N-dealkylation sites (N-methyl/N-ethyl adjacent to an activating group) is 1. The molecule has 0 aliphatic heterocycles. The van der Waals surface area contributed by atoms with Gasteiger partial charge in [-0.05, 0) is 24.3 Å². The summed E-state index contributed by atoms with van der Waals surface area (Å²) >= 11 is 0. The summed E-state index contributed by atoms with van der Waals surface area (Å²) in [5.74, 6) is -0.548. The van der Waals surface area contributed by atoms with Crippen LogP contribution in [0.2, 0.25) is 0 Å². The van der Waals surface area contributed by atoms with E-state index in [2.05, 4.69) is 0 Å². The third kappa shape index (κ3) is 4.50. The van der Waals surface area contributed by atoms with Crippen molar-refractivity contribution in [1.29, 1.82) is 0 Å². The summed E-state index contributed by atoms with van der Waals surface area (Å²) in [7, 11) is 1.65. The third-order valence-corrected chi connectivity index (χ3v) is 2.24. The van der Waals surface area contributed by atoms with Crippen molar-refractivity contribution in [3.05, 3.63) is 35.6 Å². The first-order chi connectivity index (χ1) is 8.15. The molecule has 0 saturated heterocycles. The second kappa shape index (κ2) is 6.98. The van der Waals surface area contributed by atoms with E-state index in [4.69, 9.17) is 9.84 Å². The monoisotopic (exact) mass is 241 g/mol. The van der Waals surface area contributed by atoms with Crippen molar-refractivity contribution in [2.24, 2.45) is 0 Å². The lowest BCUT2D eigenvalue weighted by Gasteiger charge is -2.17. The van der Waals surface area contributed by atoms with Crippen LogP contribution in [0, 0.1) is 5.82 Å². The second-order valence-corrected chi connectivity index (χ2v) is 3.57. The molecule has 1 rings (SSSR count). The Bertz CT molecular complexity index is 353. The highest BCUT2D eigenvalue weighted by Gasteiger charge is 2.10. The molecule has 0 fully saturated rings. The maximum absolute atomic E-state index is 12.7. The smallest absolute Gasteiger partial charge is 0.253 e. The first-order valence-electron chi connectivity index (χ1n) is 5.35. The number of rotatable bonds is 6. The van der Waals surface area contributed by atoms with E-state index in [1.807, 2.05) is 0 Å². The highest BCUT2D eigenvalue weighted by atomic mass is 19.1. The normalized spacial score (nSPS) is 10.3. The van der Waals surface area contributed by atoms with Crippen molar-refractivity contribution in [2.75, 3.05) is 33.4 Å². The molecule has 17 heavy (non-hydrogen) atoms. The molecule has 1 amide bonds. The molecule has 0 radical (unpaired) electrons. The zero-order chi connectivity index (χ0) is 12.7. The number of ether oxygens (including phenoxy) is 1. The van der Waals surface area contributed by atoms with Crippen LogP contribution in [0.3, 0.4) is 0 Å². The summed E-state index contributed by atoms with van der Waals surface area (Å²) in [4.78, 5) is 13.3. The molecule has 0 aromatic heterocycles. The first kappa shape index (κ1) is 13.6. The summed E-state index contributed by atoms with van der Waals surface area (Å²) in [6, 6.07) is 5.40. The lowest BCUT2D eigenvalue weighted by Crippen LogP contribution is -2.30. The lowest BCUT2D eigenvalue weighted by atomic mass is 10.2. The van der Waals surface area contributed by atoms with Gasteiger partial charge in [-0.25, -0.2) is 4.39 Å². The van der Waals surface area contributed by atoms with E-state index in [9.17, 15) is 9.18 Å². The number of carbonyl (C=O) groups is 1. The topological polar surface area (TPSA) is 49.8 Å². The van der Waals surface area contributed by atoms with Gasteiger partial charge in [0, 0.05) is 19.2 Å². The fraction of sp³-hybridized carbons (Fsp3) is 0.417. The predicted molar refractivity (Wildman–Crippen MR) is 61.3 cm³/mol. The number of nitrogens with zero attached hydrogens (tertiary/aromatic N) is 1. The molecule has 0 saturated carbocycles. The molecule has 1 N–H and O–H groups in total. The van der Waals surface area contributed by atoms with Crippen molar-refractivity contribution in [3.63, 3.8) is 0 Å². The lowest BCUT2D eigenvalue weighted by molar-refractivity contribution is 0.0618. The van der Waals surface area contributed by atoms with Gasteiger partial charge in [0.15, 0.2) is 0 Å². The summed E-state index contributed by atoms with van der Waals surface area (Å²) in [6.45, 7) is 1.02. The molecule has 0 heterocycles. The molecule has 0 aliphatic rings. The van der Waals surface area contributed by atoms with Gasteiger partial charge in [0.05, 0.1) is 19.8 Å². The van der Waals surface area contributed by atoms with Gasteiger partial charge in [-0.2, -0.15) is 0 Å². The highest BCUT2D eigenvalue weighted by Crippen LogP contribution is 2.05. The number of hydrogen-bond acceptors (Lipinski definition) is 3. The molecule has 0 spiro atoms. The van der Waals surface area contributed by atoms with Gasteiger partial charge < -0.3 is 14.7 Å². The van der Waals surface area contributed by atoms with Crippen LogP contribution >= 0.6 is 0 Å². The number of aliphatic hydroxyl groups excluding tert-OH is 1. The van der Waals surface area contributed by atoms with E-state index in [1.165, 1.54) is 29.2 Å². The second-order valence-electron chi connectivity index (χ2n) is 3.57. The Labute approximate surface area is 99.6 Å². The number of carbonyl (C=O) groups excluding carboxylic acids is 1. The Hall–Kier alpha value is -1.46. The van der Waals surface area contributed by atoms with Crippen molar-refractivity contribution >= 4 is 5.91 Å². The Morgan fingerprint density at radius 2 is 2.00 bits per heavy atom. The van der Waals surface area contributed by atoms with Crippen LogP contribution in [0.15, 0.2) is 24.3 Å². The highest BCUT2D eigenvalue weighted by molar-refractivity contribution is 5.93. The summed E-state index contributed by atoms with van der Waals surface area (Å²) in [5.41, 5.74) is 0.441. The fourth-order valence-corrected chi connectivity index (χ4v) is 1.28. The molecule has 0 atom stereocenters. The minimum Gasteiger partial charge on any atom is -0.394 e. The van der Waals surface area contributed by atoms with Crippen molar-refractivity contribution in [1.82, 2.24) is 4.90 Å². The van der Waals surface area contributed by atoms with Crippen LogP contribution < -0.4 is 0 Å². The summed E-state index contributed by atoms with van der Waals surface area (Å²) in [6.07, 6.45) is 0. The van der Waals surface area contributed by atoms with E-state index in [0.29, 0.717) is 18.7 Å². The fourth-order valence-electron chi connectivity index (χ4n) is 1.28. The van der Waals surface area contributed by atoms with Crippen LogP contribution in [-0.2, 0) is 4.74 Å². The van der Waals surface area contributed by atoms with Gasteiger partial charge in [-0.15, -0.1) is 0 Å². The maximum atomic E-state index is 12.7. The molecule has 1 aromatic rings. The van der Waals surface area contributed by atoms with Gasteiger partial charge in [-0.1, -0.05) is 0 Å². The minimum absolute atomic E-state index is 0.0321. The zero-order valence-corrected chi connectivity index (χ0v) is 9.73.